The largest absolute Gasteiger partial charge is 0.289 e. The second-order valence-corrected chi connectivity index (χ2v) is 6.73. The first kappa shape index (κ1) is 17.0. The monoisotopic (exact) mass is 337 g/mol. The number of ketones is 1. The fourth-order valence-electron chi connectivity index (χ4n) is 3.60. The van der Waals surface area contributed by atoms with Crippen LogP contribution in [-0.2, 0) is 10.2 Å². The Morgan fingerprint density at radius 1 is 1.20 bits per heavy atom. The van der Waals surface area contributed by atoms with Crippen molar-refractivity contribution in [2.24, 2.45) is 0 Å². The van der Waals surface area contributed by atoms with Crippen LogP contribution in [-0.4, -0.2) is 17.3 Å². The Kier molecular flexibility index (Phi) is 4.27. The van der Waals surface area contributed by atoms with Crippen LogP contribution in [0.1, 0.15) is 26.3 Å². The van der Waals surface area contributed by atoms with Gasteiger partial charge in [0.2, 0.25) is 0 Å². The molecule has 0 radical (unpaired) electrons. The number of carbonyl (C=O) groups is 1. The van der Waals surface area contributed by atoms with Gasteiger partial charge in [0.05, 0.1) is 16.9 Å². The predicted molar refractivity (Wildman–Crippen MR) is 96.0 cm³/mol. The molecule has 0 saturated carbocycles. The summed E-state index contributed by atoms with van der Waals surface area (Å²) in [4.78, 5) is 23.8. The number of allylic oxidation sites excluding steroid dienone is 7. The Hall–Kier alpha value is -2.79. The molecule has 1 aliphatic carbocycles. The summed E-state index contributed by atoms with van der Waals surface area (Å²) in [6, 6.07) is 8.34. The maximum Gasteiger partial charge on any atom is 0.270 e. The maximum atomic E-state index is 12.0. The summed E-state index contributed by atoms with van der Waals surface area (Å²) in [6.45, 7) is 7.34. The molecular formula is C20H21N2O3+. The Labute approximate surface area is 146 Å². The average Bonchev–Trinajstić information content (AvgIpc) is 2.81. The number of nitrogens with one attached hydrogen (secondary N) is 1. The van der Waals surface area contributed by atoms with E-state index < -0.39 is 4.92 Å². The van der Waals surface area contributed by atoms with Crippen LogP contribution in [0.2, 0.25) is 0 Å². The molecule has 1 unspecified atom stereocenters. The minimum atomic E-state index is -0.483. The van der Waals surface area contributed by atoms with Gasteiger partial charge in [0.1, 0.15) is 11.4 Å². The van der Waals surface area contributed by atoms with Crippen molar-refractivity contribution in [3.05, 3.63) is 87.3 Å². The molecule has 128 valence electrons. The third-order valence-corrected chi connectivity index (χ3v) is 4.91. The van der Waals surface area contributed by atoms with Gasteiger partial charge in [0.15, 0.2) is 5.78 Å². The fraction of sp³-hybridized carbons (Fsp3) is 0.250. The molecule has 0 aromatic heterocycles. The van der Waals surface area contributed by atoms with E-state index in [1.807, 2.05) is 18.2 Å². The van der Waals surface area contributed by atoms with Gasteiger partial charge in [0.25, 0.3) is 5.70 Å². The van der Waals surface area contributed by atoms with Gasteiger partial charge in [-0.05, 0) is 45.1 Å². The smallest absolute Gasteiger partial charge is 0.270 e. The summed E-state index contributed by atoms with van der Waals surface area (Å²) in [5, 5.41) is 10.9. The van der Waals surface area contributed by atoms with E-state index in [-0.39, 0.29) is 16.9 Å². The molecule has 0 bridgehead atoms. The highest BCUT2D eigenvalue weighted by Gasteiger charge is 2.44. The summed E-state index contributed by atoms with van der Waals surface area (Å²) in [7, 11) is 0. The molecular weight excluding hydrogens is 316 g/mol. The zero-order valence-electron chi connectivity index (χ0n) is 14.6. The number of quaternary nitrogens is 1. The molecule has 0 spiro atoms. The Morgan fingerprint density at radius 3 is 2.60 bits per heavy atom. The van der Waals surface area contributed by atoms with Crippen LogP contribution in [0.5, 0.6) is 0 Å². The van der Waals surface area contributed by atoms with Crippen molar-refractivity contribution in [1.82, 2.24) is 0 Å². The van der Waals surface area contributed by atoms with E-state index in [2.05, 4.69) is 32.9 Å². The molecule has 0 saturated heterocycles. The van der Waals surface area contributed by atoms with Crippen molar-refractivity contribution >= 4 is 11.5 Å². The lowest BCUT2D eigenvalue weighted by atomic mass is 9.83. The molecule has 1 aromatic carbocycles. The zero-order valence-corrected chi connectivity index (χ0v) is 14.6. The van der Waals surface area contributed by atoms with E-state index >= 15 is 0 Å². The van der Waals surface area contributed by atoms with Gasteiger partial charge in [-0.3, -0.25) is 19.8 Å². The molecule has 5 heteroatoms. The van der Waals surface area contributed by atoms with Gasteiger partial charge in [0, 0.05) is 23.3 Å². The van der Waals surface area contributed by atoms with Crippen molar-refractivity contribution in [2.75, 3.05) is 6.54 Å². The third kappa shape index (κ3) is 2.87. The van der Waals surface area contributed by atoms with Crippen molar-refractivity contribution < 1.29 is 14.6 Å². The van der Waals surface area contributed by atoms with Crippen LogP contribution in [0, 0.1) is 10.1 Å². The van der Waals surface area contributed by atoms with Crippen LogP contribution in [0.25, 0.3) is 0 Å². The van der Waals surface area contributed by atoms with Gasteiger partial charge in [-0.25, -0.2) is 0 Å². The molecule has 1 aromatic rings. The van der Waals surface area contributed by atoms with Crippen LogP contribution >= 0.6 is 0 Å². The minimum Gasteiger partial charge on any atom is -0.289 e. The summed E-state index contributed by atoms with van der Waals surface area (Å²) in [6.07, 6.45) is 7.47. The van der Waals surface area contributed by atoms with Crippen molar-refractivity contribution in [3.63, 3.8) is 0 Å². The number of nitro groups is 1. The number of benzene rings is 1. The van der Waals surface area contributed by atoms with Gasteiger partial charge in [-0.15, -0.1) is 0 Å². The molecule has 1 heterocycles. The number of hydrogen-bond acceptors (Lipinski definition) is 3. The molecule has 3 rings (SSSR count). The van der Waals surface area contributed by atoms with Crippen molar-refractivity contribution in [3.8, 4) is 0 Å². The van der Waals surface area contributed by atoms with E-state index in [1.165, 1.54) is 34.4 Å². The normalized spacial score (nSPS) is 24.5. The van der Waals surface area contributed by atoms with Gasteiger partial charge in [-0.2, -0.15) is 0 Å². The average molecular weight is 337 g/mol. The number of fused-ring (bicyclic) bond motifs is 1. The summed E-state index contributed by atoms with van der Waals surface area (Å²) < 4.78 is 0. The van der Waals surface area contributed by atoms with Crippen LogP contribution in [0.3, 0.4) is 0 Å². The zero-order chi connectivity index (χ0) is 18.2. The Balaban J connectivity index is 2.05. The van der Waals surface area contributed by atoms with E-state index in [0.717, 1.165) is 12.2 Å². The molecule has 2 aliphatic rings. The first-order chi connectivity index (χ1) is 11.9. The quantitative estimate of drug-likeness (QED) is 0.524. The molecule has 25 heavy (non-hydrogen) atoms. The van der Waals surface area contributed by atoms with E-state index in [4.69, 9.17) is 0 Å². The topological polar surface area (TPSA) is 64.7 Å². The number of carbonyl (C=O) groups excluding carboxylic acids is 1. The number of nitrogens with zero attached hydrogens (tertiary/aromatic N) is 1. The van der Waals surface area contributed by atoms with Crippen molar-refractivity contribution in [1.29, 1.82) is 0 Å². The second-order valence-electron chi connectivity index (χ2n) is 6.73. The molecule has 1 aliphatic heterocycles. The Morgan fingerprint density at radius 2 is 1.92 bits per heavy atom. The number of rotatable bonds is 3. The number of hydrogen-bond donors (Lipinski definition) is 1. The molecule has 0 amide bonds. The van der Waals surface area contributed by atoms with E-state index in [9.17, 15) is 14.9 Å². The highest BCUT2D eigenvalue weighted by molar-refractivity contribution is 6.07. The van der Waals surface area contributed by atoms with E-state index in [1.54, 1.807) is 6.08 Å². The van der Waals surface area contributed by atoms with Crippen molar-refractivity contribution in [2.45, 2.75) is 26.2 Å². The SMILES string of the molecule is CC[NH+]1C(=CC=C2C=C([N+](=O)[O-])C=CC2=O)C(C)(C)c2ccccc21. The third-order valence-electron chi connectivity index (χ3n) is 4.91. The molecule has 1 N–H and O–H groups in total. The fourth-order valence-corrected chi connectivity index (χ4v) is 3.60. The number of likely N-dealkylation sites (N-methyl/N-ethyl adjacent to an activating group) is 1. The highest BCUT2D eigenvalue weighted by atomic mass is 16.6. The number of para-hydroxylation sites is 1. The summed E-state index contributed by atoms with van der Waals surface area (Å²) >= 11 is 0. The van der Waals surface area contributed by atoms with E-state index in [0.29, 0.717) is 5.57 Å². The van der Waals surface area contributed by atoms with Gasteiger partial charge in [-0.1, -0.05) is 18.2 Å². The molecule has 0 fully saturated rings. The molecule has 5 nitrogen and oxygen atoms in total. The predicted octanol–water partition coefficient (Wildman–Crippen LogP) is 2.62. The lowest BCUT2D eigenvalue weighted by Gasteiger charge is -2.20. The summed E-state index contributed by atoms with van der Waals surface area (Å²) in [5.41, 5.74) is 3.77. The lowest BCUT2D eigenvalue weighted by molar-refractivity contribution is -0.786. The second kappa shape index (κ2) is 6.26. The first-order valence-electron chi connectivity index (χ1n) is 8.33. The maximum absolute atomic E-state index is 12.0. The van der Waals surface area contributed by atoms with Crippen LogP contribution in [0.15, 0.2) is 71.6 Å². The Bertz CT molecular complexity index is 873. The first-order valence-corrected chi connectivity index (χ1v) is 8.33. The van der Waals surface area contributed by atoms with Crippen LogP contribution < -0.4 is 4.90 Å². The lowest BCUT2D eigenvalue weighted by Crippen LogP contribution is -3.04. The van der Waals surface area contributed by atoms with Gasteiger partial charge >= 0.3 is 0 Å². The summed E-state index contributed by atoms with van der Waals surface area (Å²) in [5.74, 6) is -0.214. The minimum absolute atomic E-state index is 0.0714. The van der Waals surface area contributed by atoms with Gasteiger partial charge < -0.3 is 0 Å². The highest BCUT2D eigenvalue weighted by Crippen LogP contribution is 2.38. The van der Waals surface area contributed by atoms with Crippen LogP contribution in [0.4, 0.5) is 5.69 Å². The molecule has 1 atom stereocenters. The standard InChI is InChI=1S/C20H20N2O3/c1-4-21-17-8-6-5-7-16(17)20(2,3)19(21)12-9-14-13-15(22(24)25)10-11-18(14)23/h5-13H,4H2,1-3H3/p+1.